The van der Waals surface area contributed by atoms with E-state index in [1.165, 1.54) is 0 Å². The van der Waals surface area contributed by atoms with E-state index in [1.54, 1.807) is 4.90 Å². The maximum Gasteiger partial charge on any atom is 0.223 e. The van der Waals surface area contributed by atoms with Gasteiger partial charge in [-0.2, -0.15) is 0 Å². The third-order valence-corrected chi connectivity index (χ3v) is 3.97. The number of para-hydroxylation sites is 2. The van der Waals surface area contributed by atoms with Crippen LogP contribution in [-0.2, 0) is 11.3 Å². The number of amides is 1. The largest absolute Gasteiger partial charge is 0.345 e. The van der Waals surface area contributed by atoms with Gasteiger partial charge in [0.05, 0.1) is 17.6 Å². The van der Waals surface area contributed by atoms with Gasteiger partial charge in [-0.05, 0) is 12.1 Å². The zero-order valence-electron chi connectivity index (χ0n) is 11.3. The Bertz CT molecular complexity index is 691. The van der Waals surface area contributed by atoms with Gasteiger partial charge >= 0.3 is 0 Å². The summed E-state index contributed by atoms with van der Waals surface area (Å²) in [7, 11) is 1.85. The molecule has 0 unspecified atom stereocenters. The first kappa shape index (κ1) is 13.4. The lowest BCUT2D eigenvalue weighted by atomic mass is 10.1. The Labute approximate surface area is 126 Å². The van der Waals surface area contributed by atoms with E-state index in [4.69, 9.17) is 4.98 Å². The van der Waals surface area contributed by atoms with Crippen molar-refractivity contribution in [2.75, 3.05) is 13.6 Å². The van der Waals surface area contributed by atoms with Gasteiger partial charge in [-0.1, -0.05) is 34.6 Å². The number of likely N-dealkylation sites (N-methyl/N-ethyl adjacent to an activating group) is 1. The summed E-state index contributed by atoms with van der Waals surface area (Å²) in [6, 6.07) is 8.06. The predicted octanol–water partition coefficient (Wildman–Crippen LogP) is 2.89. The Kier molecular flexibility index (Phi) is 3.38. The van der Waals surface area contributed by atoms with Gasteiger partial charge < -0.3 is 9.47 Å². The second-order valence-corrected chi connectivity index (χ2v) is 6.36. The lowest BCUT2D eigenvalue weighted by Crippen LogP contribution is -2.19. The molecular formula is C15H16BrN3O. The Morgan fingerprint density at radius 2 is 2.25 bits per heavy atom. The summed E-state index contributed by atoms with van der Waals surface area (Å²) < 4.78 is 3.06. The van der Waals surface area contributed by atoms with E-state index in [1.807, 2.05) is 25.2 Å². The molecule has 104 valence electrons. The minimum Gasteiger partial charge on any atom is -0.345 e. The van der Waals surface area contributed by atoms with Crippen LogP contribution in [0.15, 0.2) is 35.3 Å². The van der Waals surface area contributed by atoms with Crippen LogP contribution in [-0.4, -0.2) is 34.0 Å². The summed E-state index contributed by atoms with van der Waals surface area (Å²) in [6.07, 6.45) is 0.536. The van der Waals surface area contributed by atoms with Crippen molar-refractivity contribution < 1.29 is 4.79 Å². The number of hydrogen-bond acceptors (Lipinski definition) is 2. The molecular weight excluding hydrogens is 318 g/mol. The summed E-state index contributed by atoms with van der Waals surface area (Å²) in [4.78, 5) is 18.3. The number of benzene rings is 1. The lowest BCUT2D eigenvalue weighted by molar-refractivity contribution is -0.126. The average molecular weight is 334 g/mol. The molecule has 3 rings (SSSR count). The van der Waals surface area contributed by atoms with E-state index in [0.717, 1.165) is 27.9 Å². The summed E-state index contributed by atoms with van der Waals surface area (Å²) >= 11 is 3.43. The van der Waals surface area contributed by atoms with Gasteiger partial charge in [-0.25, -0.2) is 4.98 Å². The summed E-state index contributed by atoms with van der Waals surface area (Å²) in [6.45, 7) is 5.33. The highest BCUT2D eigenvalue weighted by Crippen LogP contribution is 2.30. The number of carbonyl (C=O) groups excluding carboxylic acids is 1. The number of halogens is 1. The zero-order chi connectivity index (χ0) is 14.3. The van der Waals surface area contributed by atoms with E-state index in [9.17, 15) is 4.79 Å². The Balaban J connectivity index is 2.09. The van der Waals surface area contributed by atoms with Crippen LogP contribution in [0.25, 0.3) is 11.0 Å². The number of likely N-dealkylation sites (tertiary alicyclic amines) is 1. The van der Waals surface area contributed by atoms with E-state index in [2.05, 4.69) is 33.1 Å². The van der Waals surface area contributed by atoms with Crippen molar-refractivity contribution in [1.82, 2.24) is 14.5 Å². The summed E-state index contributed by atoms with van der Waals surface area (Å²) in [5.74, 6) is 1.32. The number of rotatable bonds is 3. The first-order valence-electron chi connectivity index (χ1n) is 6.58. The van der Waals surface area contributed by atoms with Crippen LogP contribution < -0.4 is 0 Å². The predicted molar refractivity (Wildman–Crippen MR) is 82.8 cm³/mol. The third-order valence-electron chi connectivity index (χ3n) is 3.72. The molecule has 1 amide bonds. The highest BCUT2D eigenvalue weighted by Gasteiger charge is 2.31. The van der Waals surface area contributed by atoms with Crippen molar-refractivity contribution in [1.29, 1.82) is 0 Å². The maximum atomic E-state index is 11.8. The molecule has 0 radical (unpaired) electrons. The highest BCUT2D eigenvalue weighted by molar-refractivity contribution is 9.11. The fraction of sp³-hybridized carbons (Fsp3) is 0.333. The first-order valence-corrected chi connectivity index (χ1v) is 7.38. The number of fused-ring (bicyclic) bond motifs is 1. The zero-order valence-corrected chi connectivity index (χ0v) is 12.9. The number of allylic oxidation sites excluding steroid dienone is 1. The molecule has 0 saturated carbocycles. The van der Waals surface area contributed by atoms with Gasteiger partial charge in [0, 0.05) is 30.4 Å². The fourth-order valence-electron chi connectivity index (χ4n) is 2.78. The van der Waals surface area contributed by atoms with E-state index in [0.29, 0.717) is 13.0 Å². The lowest BCUT2D eigenvalue weighted by Gasteiger charge is -2.13. The molecule has 1 aromatic carbocycles. The molecule has 2 heterocycles. The van der Waals surface area contributed by atoms with Crippen LogP contribution in [0.2, 0.25) is 0 Å². The van der Waals surface area contributed by atoms with Crippen LogP contribution in [0, 0.1) is 0 Å². The Morgan fingerprint density at radius 1 is 1.50 bits per heavy atom. The Hall–Kier alpha value is -1.62. The molecule has 2 aromatic rings. The number of aromatic nitrogens is 2. The molecule has 1 fully saturated rings. The number of nitrogens with zero attached hydrogens (tertiary/aromatic N) is 3. The third kappa shape index (κ3) is 2.26. The smallest absolute Gasteiger partial charge is 0.223 e. The van der Waals surface area contributed by atoms with Gasteiger partial charge in [0.1, 0.15) is 5.82 Å². The van der Waals surface area contributed by atoms with E-state index >= 15 is 0 Å². The normalized spacial score (nSPS) is 19.0. The average Bonchev–Trinajstić information content (AvgIpc) is 2.91. The molecule has 1 saturated heterocycles. The summed E-state index contributed by atoms with van der Waals surface area (Å²) in [5, 5.41) is 0. The van der Waals surface area contributed by atoms with Crippen LogP contribution in [0.4, 0.5) is 0 Å². The quantitative estimate of drug-likeness (QED) is 0.866. The van der Waals surface area contributed by atoms with Gasteiger partial charge in [-0.15, -0.1) is 0 Å². The maximum absolute atomic E-state index is 11.8. The molecule has 5 heteroatoms. The minimum atomic E-state index is 0.159. The van der Waals surface area contributed by atoms with Gasteiger partial charge in [0.15, 0.2) is 0 Å². The molecule has 1 aliphatic rings. The molecule has 0 spiro atoms. The molecule has 1 atom stereocenters. The molecule has 1 aromatic heterocycles. The van der Waals surface area contributed by atoms with Crippen LogP contribution in [0.1, 0.15) is 18.2 Å². The number of imidazole rings is 1. The number of carbonyl (C=O) groups is 1. The van der Waals surface area contributed by atoms with Crippen molar-refractivity contribution in [2.45, 2.75) is 18.9 Å². The molecule has 0 aliphatic carbocycles. The van der Waals surface area contributed by atoms with Crippen LogP contribution in [0.5, 0.6) is 0 Å². The van der Waals surface area contributed by atoms with Crippen molar-refractivity contribution in [3.05, 3.63) is 41.2 Å². The monoisotopic (exact) mass is 333 g/mol. The molecule has 0 N–H and O–H groups in total. The Morgan fingerprint density at radius 3 is 2.90 bits per heavy atom. The minimum absolute atomic E-state index is 0.159. The summed E-state index contributed by atoms with van der Waals surface area (Å²) in [5.41, 5.74) is 2.06. The van der Waals surface area contributed by atoms with E-state index in [-0.39, 0.29) is 11.8 Å². The number of hydrogen-bond donors (Lipinski definition) is 0. The molecule has 1 aliphatic heterocycles. The SMILES string of the molecule is C=C(Br)Cn1c([C@@H]2CC(=O)N(C)C2)nc2ccccc21. The standard InChI is InChI=1S/C15H16BrN3O/c1-10(16)8-19-13-6-4-3-5-12(13)17-15(19)11-7-14(20)18(2)9-11/h3-6,11H,1,7-9H2,2H3/t11-/m1/s1. The van der Waals surface area contributed by atoms with Gasteiger partial charge in [-0.3, -0.25) is 4.79 Å². The van der Waals surface area contributed by atoms with Gasteiger partial charge in [0.25, 0.3) is 0 Å². The van der Waals surface area contributed by atoms with Crippen molar-refractivity contribution in [3.8, 4) is 0 Å². The first-order chi connectivity index (χ1) is 9.56. The van der Waals surface area contributed by atoms with Crippen molar-refractivity contribution in [3.63, 3.8) is 0 Å². The topological polar surface area (TPSA) is 38.1 Å². The van der Waals surface area contributed by atoms with Crippen LogP contribution >= 0.6 is 15.9 Å². The van der Waals surface area contributed by atoms with Crippen molar-refractivity contribution >= 4 is 32.9 Å². The van der Waals surface area contributed by atoms with E-state index < -0.39 is 0 Å². The molecule has 0 bridgehead atoms. The highest BCUT2D eigenvalue weighted by atomic mass is 79.9. The molecule has 4 nitrogen and oxygen atoms in total. The van der Waals surface area contributed by atoms with Crippen molar-refractivity contribution in [2.24, 2.45) is 0 Å². The second kappa shape index (κ2) is 5.05. The fourth-order valence-corrected chi connectivity index (χ4v) is 3.03. The van der Waals surface area contributed by atoms with Crippen LogP contribution in [0.3, 0.4) is 0 Å². The molecule has 20 heavy (non-hydrogen) atoms. The second-order valence-electron chi connectivity index (χ2n) is 5.24. The van der Waals surface area contributed by atoms with Gasteiger partial charge in [0.2, 0.25) is 5.91 Å².